The predicted octanol–water partition coefficient (Wildman–Crippen LogP) is 2.55. The smallest absolute Gasteiger partial charge is 0.204 e. The summed E-state index contributed by atoms with van der Waals surface area (Å²) in [5.41, 5.74) is 2.43. The Morgan fingerprint density at radius 3 is 2.10 bits per heavy atom. The van der Waals surface area contributed by atoms with Crippen molar-refractivity contribution >= 4 is 36.5 Å². The van der Waals surface area contributed by atoms with Gasteiger partial charge in [-0.25, -0.2) is 4.58 Å². The zero-order chi connectivity index (χ0) is 15.6. The third kappa shape index (κ3) is 3.24. The summed E-state index contributed by atoms with van der Waals surface area (Å²) in [5.74, 6) is 0. The lowest BCUT2D eigenvalue weighted by Gasteiger charge is -2.25. The molecular formula is C18H25N2Si+. The normalized spacial score (nSPS) is 11.3. The van der Waals surface area contributed by atoms with Crippen molar-refractivity contribution in [3.63, 3.8) is 0 Å². The number of nitrogens with zero attached hydrogens (tertiary/aromatic N) is 2. The van der Waals surface area contributed by atoms with Crippen LogP contribution in [-0.4, -0.2) is 40.5 Å². The van der Waals surface area contributed by atoms with Crippen LogP contribution in [0.15, 0.2) is 48.5 Å². The van der Waals surface area contributed by atoms with E-state index in [1.807, 2.05) is 11.6 Å². The summed E-state index contributed by atoms with van der Waals surface area (Å²) in [6.07, 6.45) is 0. The number of anilines is 1. The van der Waals surface area contributed by atoms with Crippen LogP contribution in [0.5, 0.6) is 0 Å². The molecule has 0 spiro atoms. The standard InChI is InChI=1S/C18H25N2Si/c1-19(2)15-9-7-11-17(13-15)21(5,6)18-12-8-10-16(14-18)20(3)4/h7-14H,1H2,2-6H3/q+1. The maximum Gasteiger partial charge on any atom is 0.204 e. The first kappa shape index (κ1) is 15.5. The highest BCUT2D eigenvalue weighted by atomic mass is 28.3. The van der Waals surface area contributed by atoms with Crippen LogP contribution in [0, 0.1) is 0 Å². The molecule has 21 heavy (non-hydrogen) atoms. The Bertz CT molecular complexity index is 660. The SMILES string of the molecule is C=[N+](C)c1cccc([Si](C)(C)c2cccc(N(C)C)c2)c1. The quantitative estimate of drug-likeness (QED) is 0.477. The summed E-state index contributed by atoms with van der Waals surface area (Å²) >= 11 is 0. The zero-order valence-corrected chi connectivity index (χ0v) is 14.7. The molecule has 0 radical (unpaired) electrons. The molecule has 0 unspecified atom stereocenters. The van der Waals surface area contributed by atoms with E-state index in [0.29, 0.717) is 0 Å². The molecule has 2 aromatic carbocycles. The highest BCUT2D eigenvalue weighted by molar-refractivity contribution is 7.00. The van der Waals surface area contributed by atoms with Gasteiger partial charge >= 0.3 is 0 Å². The van der Waals surface area contributed by atoms with Gasteiger partial charge in [0.2, 0.25) is 5.69 Å². The van der Waals surface area contributed by atoms with Gasteiger partial charge in [0.1, 0.15) is 21.8 Å². The number of benzene rings is 2. The summed E-state index contributed by atoms with van der Waals surface area (Å²) in [4.78, 5) is 2.16. The van der Waals surface area contributed by atoms with Crippen molar-refractivity contribution < 1.29 is 4.58 Å². The number of hydrogen-bond acceptors (Lipinski definition) is 1. The van der Waals surface area contributed by atoms with Crippen molar-refractivity contribution in [2.45, 2.75) is 13.1 Å². The highest BCUT2D eigenvalue weighted by Gasteiger charge is 2.27. The fourth-order valence-electron chi connectivity index (χ4n) is 2.47. The Morgan fingerprint density at radius 1 is 0.952 bits per heavy atom. The Morgan fingerprint density at radius 2 is 1.52 bits per heavy atom. The molecule has 0 aliphatic heterocycles. The molecule has 2 aromatic rings. The lowest BCUT2D eigenvalue weighted by atomic mass is 10.3. The first-order valence-electron chi connectivity index (χ1n) is 7.25. The molecule has 0 amide bonds. The summed E-state index contributed by atoms with van der Waals surface area (Å²) < 4.78 is 1.92. The molecule has 0 saturated carbocycles. The van der Waals surface area contributed by atoms with Gasteiger partial charge in [0, 0.05) is 31.9 Å². The van der Waals surface area contributed by atoms with Crippen LogP contribution < -0.4 is 15.3 Å². The van der Waals surface area contributed by atoms with E-state index >= 15 is 0 Å². The molecule has 0 aliphatic rings. The van der Waals surface area contributed by atoms with Gasteiger partial charge in [-0.3, -0.25) is 0 Å². The van der Waals surface area contributed by atoms with Gasteiger partial charge in [0.05, 0.1) is 0 Å². The molecule has 110 valence electrons. The monoisotopic (exact) mass is 297 g/mol. The minimum atomic E-state index is -1.69. The van der Waals surface area contributed by atoms with E-state index in [0.717, 1.165) is 5.69 Å². The average Bonchev–Trinajstić information content (AvgIpc) is 2.47. The third-order valence-electron chi connectivity index (χ3n) is 4.09. The van der Waals surface area contributed by atoms with Crippen LogP contribution in [0.1, 0.15) is 0 Å². The highest BCUT2D eigenvalue weighted by Crippen LogP contribution is 2.14. The van der Waals surface area contributed by atoms with Crippen molar-refractivity contribution in [2.24, 2.45) is 0 Å². The van der Waals surface area contributed by atoms with E-state index in [1.54, 1.807) is 0 Å². The Labute approximate surface area is 129 Å². The fourth-order valence-corrected chi connectivity index (χ4v) is 4.85. The Hall–Kier alpha value is -1.87. The van der Waals surface area contributed by atoms with E-state index in [9.17, 15) is 0 Å². The van der Waals surface area contributed by atoms with E-state index < -0.39 is 8.07 Å². The van der Waals surface area contributed by atoms with Crippen LogP contribution in [0.25, 0.3) is 0 Å². The minimum Gasteiger partial charge on any atom is -0.378 e. The third-order valence-corrected chi connectivity index (χ3v) is 7.60. The maximum atomic E-state index is 3.98. The molecule has 0 heterocycles. The first-order chi connectivity index (χ1) is 9.82. The largest absolute Gasteiger partial charge is 0.378 e. The summed E-state index contributed by atoms with van der Waals surface area (Å²) in [6.45, 7) is 8.80. The summed E-state index contributed by atoms with van der Waals surface area (Å²) in [7, 11) is 4.47. The molecule has 0 aliphatic carbocycles. The van der Waals surface area contributed by atoms with Crippen LogP contribution in [0.2, 0.25) is 13.1 Å². The van der Waals surface area contributed by atoms with Gasteiger partial charge in [-0.1, -0.05) is 42.5 Å². The van der Waals surface area contributed by atoms with Crippen LogP contribution in [0.3, 0.4) is 0 Å². The molecule has 0 saturated heterocycles. The van der Waals surface area contributed by atoms with E-state index in [4.69, 9.17) is 0 Å². The van der Waals surface area contributed by atoms with Crippen molar-refractivity contribution in [3.05, 3.63) is 48.5 Å². The predicted molar refractivity (Wildman–Crippen MR) is 96.9 cm³/mol. The molecule has 0 fully saturated rings. The molecule has 0 atom stereocenters. The van der Waals surface area contributed by atoms with E-state index in [2.05, 4.69) is 87.3 Å². The van der Waals surface area contributed by atoms with Crippen molar-refractivity contribution in [3.8, 4) is 0 Å². The van der Waals surface area contributed by atoms with E-state index in [1.165, 1.54) is 16.1 Å². The van der Waals surface area contributed by atoms with Crippen LogP contribution >= 0.6 is 0 Å². The second-order valence-electron chi connectivity index (χ2n) is 6.32. The maximum absolute atomic E-state index is 3.98. The first-order valence-corrected chi connectivity index (χ1v) is 10.2. The second kappa shape index (κ2) is 5.86. The number of rotatable bonds is 4. The Kier molecular flexibility index (Phi) is 4.33. The lowest BCUT2D eigenvalue weighted by molar-refractivity contribution is -0.394. The molecule has 2 nitrogen and oxygen atoms in total. The van der Waals surface area contributed by atoms with Gasteiger partial charge < -0.3 is 4.90 Å². The van der Waals surface area contributed by atoms with Crippen LogP contribution in [0.4, 0.5) is 11.4 Å². The van der Waals surface area contributed by atoms with Gasteiger partial charge in [0.15, 0.2) is 0 Å². The van der Waals surface area contributed by atoms with Gasteiger partial charge in [-0.2, -0.15) is 0 Å². The van der Waals surface area contributed by atoms with Crippen molar-refractivity contribution in [1.29, 1.82) is 0 Å². The molecule has 2 rings (SSSR count). The fraction of sp³-hybridized carbons (Fsp3) is 0.278. The summed E-state index contributed by atoms with van der Waals surface area (Å²) in [5, 5.41) is 2.89. The lowest BCUT2D eigenvalue weighted by Crippen LogP contribution is -2.52. The zero-order valence-electron chi connectivity index (χ0n) is 13.7. The average molecular weight is 297 g/mol. The second-order valence-corrected chi connectivity index (χ2v) is 10.7. The minimum absolute atomic E-state index is 1.16. The number of hydrogen-bond donors (Lipinski definition) is 0. The van der Waals surface area contributed by atoms with Crippen LogP contribution in [-0.2, 0) is 0 Å². The van der Waals surface area contributed by atoms with Gasteiger partial charge in [-0.05, 0) is 17.3 Å². The molecule has 0 N–H and O–H groups in total. The van der Waals surface area contributed by atoms with Crippen molar-refractivity contribution in [2.75, 3.05) is 26.0 Å². The van der Waals surface area contributed by atoms with Gasteiger partial charge in [-0.15, -0.1) is 0 Å². The van der Waals surface area contributed by atoms with Gasteiger partial charge in [0.25, 0.3) is 0 Å². The molecule has 3 heteroatoms. The molecule has 0 bridgehead atoms. The molecular weight excluding hydrogens is 272 g/mol. The van der Waals surface area contributed by atoms with E-state index in [-0.39, 0.29) is 0 Å². The molecule has 0 aromatic heterocycles. The van der Waals surface area contributed by atoms with Crippen molar-refractivity contribution in [1.82, 2.24) is 0 Å². The summed E-state index contributed by atoms with van der Waals surface area (Å²) in [6, 6.07) is 17.7. The topological polar surface area (TPSA) is 6.25 Å². The Balaban J connectivity index is 2.48.